The zero-order valence-corrected chi connectivity index (χ0v) is 18.4. The van der Waals surface area contributed by atoms with Gasteiger partial charge in [0.25, 0.3) is 0 Å². The number of hydrogen-bond acceptors (Lipinski definition) is 7. The number of pyridine rings is 1. The summed E-state index contributed by atoms with van der Waals surface area (Å²) in [6.45, 7) is 5.36. The first kappa shape index (κ1) is 19.8. The summed E-state index contributed by atoms with van der Waals surface area (Å²) in [5, 5.41) is 20.7. The smallest absolute Gasteiger partial charge is 0.160 e. The number of halogens is 1. The predicted octanol–water partition coefficient (Wildman–Crippen LogP) is 4.27. The maximum absolute atomic E-state index is 6.29. The molecule has 160 valence electrons. The van der Waals surface area contributed by atoms with Gasteiger partial charge >= 0.3 is 0 Å². The lowest BCUT2D eigenvalue weighted by atomic mass is 10.1. The highest BCUT2D eigenvalue weighted by Crippen LogP contribution is 2.35. The van der Waals surface area contributed by atoms with Crippen LogP contribution in [0.25, 0.3) is 21.8 Å². The molecule has 0 bridgehead atoms. The number of rotatable bonds is 6. The third-order valence-corrected chi connectivity index (χ3v) is 6.07. The number of ether oxygens (including phenoxy) is 1. The number of methoxy groups -OCH3 is 1. The van der Waals surface area contributed by atoms with Crippen LogP contribution in [0.3, 0.4) is 0 Å². The van der Waals surface area contributed by atoms with Gasteiger partial charge in [-0.1, -0.05) is 17.7 Å². The molecule has 0 unspecified atom stereocenters. The van der Waals surface area contributed by atoms with Crippen molar-refractivity contribution in [3.63, 3.8) is 0 Å². The normalized spacial score (nSPS) is 14.0. The molecule has 8 nitrogen and oxygen atoms in total. The van der Waals surface area contributed by atoms with Crippen LogP contribution in [0.2, 0.25) is 5.02 Å². The van der Waals surface area contributed by atoms with Crippen molar-refractivity contribution in [2.24, 2.45) is 0 Å². The highest BCUT2D eigenvalue weighted by atomic mass is 35.5. The van der Waals surface area contributed by atoms with Crippen molar-refractivity contribution >= 4 is 45.0 Å². The number of nitrogens with one attached hydrogen (secondary N) is 1. The largest absolute Gasteiger partial charge is 0.495 e. The molecule has 0 amide bonds. The van der Waals surface area contributed by atoms with Gasteiger partial charge in [0, 0.05) is 43.1 Å². The summed E-state index contributed by atoms with van der Waals surface area (Å²) >= 11 is 6.29. The minimum atomic E-state index is 0.558. The van der Waals surface area contributed by atoms with Crippen molar-refractivity contribution in [1.82, 2.24) is 25.0 Å². The van der Waals surface area contributed by atoms with Crippen LogP contribution in [0.15, 0.2) is 30.6 Å². The quantitative estimate of drug-likeness (QED) is 0.482. The van der Waals surface area contributed by atoms with Crippen LogP contribution in [0.4, 0.5) is 11.6 Å². The molecule has 3 aromatic heterocycles. The number of anilines is 2. The molecule has 9 heteroatoms. The summed E-state index contributed by atoms with van der Waals surface area (Å²) < 4.78 is 7.15. The Morgan fingerprint density at radius 1 is 1.13 bits per heavy atom. The highest BCUT2D eigenvalue weighted by Gasteiger charge is 2.21. The molecule has 0 radical (unpaired) electrons. The lowest BCUT2D eigenvalue weighted by molar-refractivity contribution is 0.415. The van der Waals surface area contributed by atoms with Gasteiger partial charge in [0.2, 0.25) is 0 Å². The fourth-order valence-corrected chi connectivity index (χ4v) is 4.46. The summed E-state index contributed by atoms with van der Waals surface area (Å²) in [6, 6.07) is 5.75. The second-order valence-electron chi connectivity index (χ2n) is 7.63. The number of aryl methyl sites for hydroxylation is 1. The zero-order valence-electron chi connectivity index (χ0n) is 17.6. The molecule has 1 aromatic carbocycles. The van der Waals surface area contributed by atoms with Crippen LogP contribution in [-0.4, -0.2) is 45.2 Å². The molecule has 0 atom stereocenters. The van der Waals surface area contributed by atoms with E-state index >= 15 is 0 Å². The standard InChI is InChI=1S/C22H24ClN7O/c1-3-30-21-16(13-26-30)19-15(12-25-21)22(29-8-4-5-9-29)28-27-20(19)24-11-14-6-7-18(31-2)17(23)10-14/h6-7,10,12-13H,3-5,8-9,11H2,1-2H3,(H,24,27). The number of benzene rings is 1. The molecule has 0 spiro atoms. The van der Waals surface area contributed by atoms with Crippen LogP contribution in [-0.2, 0) is 13.1 Å². The molecule has 1 aliphatic heterocycles. The Hall–Kier alpha value is -3.13. The Morgan fingerprint density at radius 2 is 1.97 bits per heavy atom. The summed E-state index contributed by atoms with van der Waals surface area (Å²) in [5.41, 5.74) is 1.88. The molecule has 5 rings (SSSR count). The molecule has 0 saturated carbocycles. The van der Waals surface area contributed by atoms with Crippen LogP contribution in [0, 0.1) is 0 Å². The number of fused-ring (bicyclic) bond motifs is 3. The maximum atomic E-state index is 6.29. The van der Waals surface area contributed by atoms with E-state index in [1.165, 1.54) is 12.8 Å². The summed E-state index contributed by atoms with van der Waals surface area (Å²) in [6.07, 6.45) is 6.12. The van der Waals surface area contributed by atoms with Crippen LogP contribution < -0.4 is 15.0 Å². The van der Waals surface area contributed by atoms with Gasteiger partial charge in [-0.05, 0) is 37.5 Å². The molecule has 1 fully saturated rings. The van der Waals surface area contributed by atoms with Gasteiger partial charge in [-0.25, -0.2) is 9.67 Å². The third kappa shape index (κ3) is 3.50. The molecule has 0 aliphatic carbocycles. The lowest BCUT2D eigenvalue weighted by Gasteiger charge is -2.19. The number of nitrogens with zero attached hydrogens (tertiary/aromatic N) is 6. The van der Waals surface area contributed by atoms with E-state index in [-0.39, 0.29) is 0 Å². The molecule has 4 aromatic rings. The minimum Gasteiger partial charge on any atom is -0.495 e. The van der Waals surface area contributed by atoms with Crippen molar-refractivity contribution in [3.05, 3.63) is 41.2 Å². The Labute approximate surface area is 185 Å². The van der Waals surface area contributed by atoms with Crippen molar-refractivity contribution in [2.45, 2.75) is 32.9 Å². The first-order valence-electron chi connectivity index (χ1n) is 10.5. The monoisotopic (exact) mass is 437 g/mol. The van der Waals surface area contributed by atoms with Gasteiger partial charge < -0.3 is 15.0 Å². The molecule has 1 aliphatic rings. The fourth-order valence-electron chi connectivity index (χ4n) is 4.18. The average molecular weight is 438 g/mol. The van der Waals surface area contributed by atoms with Crippen LogP contribution >= 0.6 is 11.6 Å². The SMILES string of the molecule is CCn1ncc2c3c(NCc4ccc(OC)c(Cl)c4)nnc(N4CCCC4)c3cnc21. The van der Waals surface area contributed by atoms with Crippen molar-refractivity contribution < 1.29 is 4.74 Å². The van der Waals surface area contributed by atoms with E-state index in [2.05, 4.69) is 32.4 Å². The minimum absolute atomic E-state index is 0.558. The summed E-state index contributed by atoms with van der Waals surface area (Å²) in [4.78, 5) is 7.00. The summed E-state index contributed by atoms with van der Waals surface area (Å²) in [7, 11) is 1.61. The topological polar surface area (TPSA) is 81.0 Å². The van der Waals surface area contributed by atoms with Gasteiger partial charge in [0.05, 0.1) is 23.7 Å². The Morgan fingerprint density at radius 3 is 2.71 bits per heavy atom. The first-order valence-corrected chi connectivity index (χ1v) is 10.9. The van der Waals surface area contributed by atoms with Gasteiger partial charge in [-0.2, -0.15) is 5.10 Å². The fraction of sp³-hybridized carbons (Fsp3) is 0.364. The summed E-state index contributed by atoms with van der Waals surface area (Å²) in [5.74, 6) is 2.27. The predicted molar refractivity (Wildman–Crippen MR) is 123 cm³/mol. The van der Waals surface area contributed by atoms with E-state index < -0.39 is 0 Å². The van der Waals surface area contributed by atoms with E-state index in [4.69, 9.17) is 21.3 Å². The lowest BCUT2D eigenvalue weighted by Crippen LogP contribution is -2.20. The maximum Gasteiger partial charge on any atom is 0.160 e. The molecular formula is C22H24ClN7O. The van der Waals surface area contributed by atoms with Crippen molar-refractivity contribution in [1.29, 1.82) is 0 Å². The third-order valence-electron chi connectivity index (χ3n) is 5.77. The van der Waals surface area contributed by atoms with E-state index in [1.807, 2.05) is 35.3 Å². The molecule has 1 saturated heterocycles. The zero-order chi connectivity index (χ0) is 21.4. The van der Waals surface area contributed by atoms with E-state index in [0.717, 1.165) is 52.8 Å². The highest BCUT2D eigenvalue weighted by molar-refractivity contribution is 6.32. The van der Waals surface area contributed by atoms with Crippen LogP contribution in [0.5, 0.6) is 5.75 Å². The van der Waals surface area contributed by atoms with E-state index in [0.29, 0.717) is 23.1 Å². The molecular weight excluding hydrogens is 414 g/mol. The molecule has 4 heterocycles. The second-order valence-corrected chi connectivity index (χ2v) is 8.04. The van der Waals surface area contributed by atoms with Crippen LogP contribution in [0.1, 0.15) is 25.3 Å². The Kier molecular flexibility index (Phi) is 5.23. The van der Waals surface area contributed by atoms with E-state index in [1.54, 1.807) is 7.11 Å². The van der Waals surface area contributed by atoms with Gasteiger partial charge in [-0.3, -0.25) is 0 Å². The average Bonchev–Trinajstić information content (AvgIpc) is 3.47. The first-order chi connectivity index (χ1) is 15.2. The Balaban J connectivity index is 1.59. The van der Waals surface area contributed by atoms with Gasteiger partial charge in [0.1, 0.15) is 5.75 Å². The van der Waals surface area contributed by atoms with Gasteiger partial charge in [-0.15, -0.1) is 10.2 Å². The van der Waals surface area contributed by atoms with Gasteiger partial charge in [0.15, 0.2) is 17.3 Å². The Bertz CT molecular complexity index is 1250. The van der Waals surface area contributed by atoms with E-state index in [9.17, 15) is 0 Å². The van der Waals surface area contributed by atoms with Crippen molar-refractivity contribution in [3.8, 4) is 5.75 Å². The number of aromatic nitrogens is 5. The van der Waals surface area contributed by atoms with Crippen molar-refractivity contribution in [2.75, 3.05) is 30.4 Å². The molecule has 31 heavy (non-hydrogen) atoms. The second kappa shape index (κ2) is 8.19. The number of hydrogen-bond donors (Lipinski definition) is 1. The molecule has 1 N–H and O–H groups in total.